The van der Waals surface area contributed by atoms with Crippen LogP contribution in [-0.4, -0.2) is 48.2 Å². The molecule has 1 N–H and O–H groups in total. The highest BCUT2D eigenvalue weighted by molar-refractivity contribution is 5.97. The number of carbonyl (C=O) groups excluding carboxylic acids is 1. The predicted octanol–water partition coefficient (Wildman–Crippen LogP) is 2.73. The molecule has 0 aliphatic carbocycles. The van der Waals surface area contributed by atoms with Crippen molar-refractivity contribution in [1.29, 1.82) is 0 Å². The Balaban J connectivity index is 1.45. The first-order chi connectivity index (χ1) is 14.0. The first-order valence-corrected chi connectivity index (χ1v) is 9.12. The van der Waals surface area contributed by atoms with Crippen molar-refractivity contribution in [2.75, 3.05) is 26.3 Å². The molecule has 1 amide bonds. The summed E-state index contributed by atoms with van der Waals surface area (Å²) in [6.45, 7) is 0.896. The molecule has 1 aromatic heterocycles. The number of nitrogens with one attached hydrogen (secondary N) is 1. The van der Waals surface area contributed by atoms with E-state index in [0.717, 1.165) is 17.5 Å². The number of amides is 1. The Bertz CT molecular complexity index is 1120. The SMILES string of the molecule is O=C(c1cc2ccccc2[nH]c1=O)N1CCOC(COc2ccc(F)c(F)c2)C1. The molecule has 0 spiro atoms. The van der Waals surface area contributed by atoms with Crippen molar-refractivity contribution in [2.45, 2.75) is 6.10 Å². The molecule has 0 radical (unpaired) electrons. The highest BCUT2D eigenvalue weighted by Gasteiger charge is 2.27. The van der Waals surface area contributed by atoms with E-state index in [1.165, 1.54) is 11.0 Å². The number of morpholine rings is 1. The molecule has 0 saturated carbocycles. The summed E-state index contributed by atoms with van der Waals surface area (Å²) in [5, 5.41) is 0.766. The summed E-state index contributed by atoms with van der Waals surface area (Å²) in [6.07, 6.45) is -0.458. The van der Waals surface area contributed by atoms with Gasteiger partial charge in [-0.3, -0.25) is 9.59 Å². The van der Waals surface area contributed by atoms with Crippen LogP contribution in [0.4, 0.5) is 8.78 Å². The van der Waals surface area contributed by atoms with Gasteiger partial charge >= 0.3 is 0 Å². The molecule has 1 aliphatic heterocycles. The van der Waals surface area contributed by atoms with Crippen molar-refractivity contribution < 1.29 is 23.0 Å². The summed E-state index contributed by atoms with van der Waals surface area (Å²) in [4.78, 5) is 29.5. The minimum absolute atomic E-state index is 0.0585. The number of hydrogen-bond acceptors (Lipinski definition) is 4. The van der Waals surface area contributed by atoms with Crippen molar-refractivity contribution in [3.63, 3.8) is 0 Å². The number of pyridine rings is 1. The summed E-state index contributed by atoms with van der Waals surface area (Å²) in [5.41, 5.74) is 0.273. The van der Waals surface area contributed by atoms with Gasteiger partial charge in [0, 0.05) is 18.1 Å². The predicted molar refractivity (Wildman–Crippen MR) is 102 cm³/mol. The average Bonchev–Trinajstić information content (AvgIpc) is 2.74. The molecule has 1 atom stereocenters. The number of rotatable bonds is 4. The second-order valence-electron chi connectivity index (χ2n) is 6.73. The number of para-hydroxylation sites is 1. The summed E-state index contributed by atoms with van der Waals surface area (Å²) in [7, 11) is 0. The lowest BCUT2D eigenvalue weighted by Gasteiger charge is -2.32. The molecule has 4 rings (SSSR count). The van der Waals surface area contributed by atoms with Gasteiger partial charge in [-0.1, -0.05) is 18.2 Å². The van der Waals surface area contributed by atoms with Crippen LogP contribution in [0.15, 0.2) is 53.3 Å². The minimum Gasteiger partial charge on any atom is -0.491 e. The minimum atomic E-state index is -1.00. The van der Waals surface area contributed by atoms with Gasteiger partial charge in [-0.2, -0.15) is 0 Å². The molecule has 3 aromatic rings. The third-order valence-corrected chi connectivity index (χ3v) is 4.74. The van der Waals surface area contributed by atoms with Gasteiger partial charge < -0.3 is 19.4 Å². The van der Waals surface area contributed by atoms with Crippen LogP contribution in [0.25, 0.3) is 10.9 Å². The fraction of sp³-hybridized carbons (Fsp3) is 0.238. The number of fused-ring (bicyclic) bond motifs is 1. The number of hydrogen-bond donors (Lipinski definition) is 1. The Kier molecular flexibility index (Phi) is 5.26. The fourth-order valence-electron chi connectivity index (χ4n) is 3.24. The number of benzene rings is 2. The van der Waals surface area contributed by atoms with E-state index in [1.54, 1.807) is 18.2 Å². The number of carbonyl (C=O) groups is 1. The molecule has 1 unspecified atom stereocenters. The van der Waals surface area contributed by atoms with E-state index >= 15 is 0 Å². The van der Waals surface area contributed by atoms with Gasteiger partial charge in [-0.15, -0.1) is 0 Å². The molecule has 1 saturated heterocycles. The summed E-state index contributed by atoms with van der Waals surface area (Å²) < 4.78 is 37.3. The van der Waals surface area contributed by atoms with E-state index in [0.29, 0.717) is 12.1 Å². The average molecular weight is 400 g/mol. The topological polar surface area (TPSA) is 71.6 Å². The molecular formula is C21H18F2N2O4. The Morgan fingerprint density at radius 3 is 2.83 bits per heavy atom. The first kappa shape index (κ1) is 19.1. The summed E-state index contributed by atoms with van der Waals surface area (Å²) in [6, 6.07) is 12.1. The summed E-state index contributed by atoms with van der Waals surface area (Å²) >= 11 is 0. The van der Waals surface area contributed by atoms with Gasteiger partial charge in [0.1, 0.15) is 24.0 Å². The van der Waals surface area contributed by atoms with E-state index in [4.69, 9.17) is 9.47 Å². The lowest BCUT2D eigenvalue weighted by molar-refractivity contribution is -0.0402. The quantitative estimate of drug-likeness (QED) is 0.731. The zero-order chi connectivity index (χ0) is 20.4. The molecule has 2 aromatic carbocycles. The van der Waals surface area contributed by atoms with Crippen LogP contribution in [0.1, 0.15) is 10.4 Å². The molecule has 0 bridgehead atoms. The van der Waals surface area contributed by atoms with Crippen molar-refractivity contribution in [3.05, 3.63) is 76.1 Å². The Morgan fingerprint density at radius 2 is 2.00 bits per heavy atom. The Labute approximate surface area is 164 Å². The molecule has 1 fully saturated rings. The van der Waals surface area contributed by atoms with Gasteiger partial charge in [-0.25, -0.2) is 8.78 Å². The zero-order valence-corrected chi connectivity index (χ0v) is 15.4. The zero-order valence-electron chi connectivity index (χ0n) is 15.4. The van der Waals surface area contributed by atoms with Gasteiger partial charge in [0.05, 0.1) is 13.2 Å². The van der Waals surface area contributed by atoms with Crippen molar-refractivity contribution >= 4 is 16.8 Å². The number of nitrogens with zero attached hydrogens (tertiary/aromatic N) is 1. The van der Waals surface area contributed by atoms with Crippen molar-refractivity contribution in [2.24, 2.45) is 0 Å². The lowest BCUT2D eigenvalue weighted by Crippen LogP contribution is -2.48. The largest absolute Gasteiger partial charge is 0.491 e. The lowest BCUT2D eigenvalue weighted by atomic mass is 10.1. The molecule has 8 heteroatoms. The van der Waals surface area contributed by atoms with E-state index in [9.17, 15) is 18.4 Å². The van der Waals surface area contributed by atoms with Gasteiger partial charge in [0.2, 0.25) is 0 Å². The monoisotopic (exact) mass is 400 g/mol. The third kappa shape index (κ3) is 4.12. The smallest absolute Gasteiger partial charge is 0.261 e. The molecule has 150 valence electrons. The van der Waals surface area contributed by atoms with Crippen LogP contribution in [0, 0.1) is 11.6 Å². The van der Waals surface area contributed by atoms with Crippen molar-refractivity contribution in [3.8, 4) is 5.75 Å². The van der Waals surface area contributed by atoms with Crippen LogP contribution in [0.2, 0.25) is 0 Å². The highest BCUT2D eigenvalue weighted by Crippen LogP contribution is 2.17. The fourth-order valence-corrected chi connectivity index (χ4v) is 3.24. The van der Waals surface area contributed by atoms with E-state index in [1.807, 2.05) is 12.1 Å². The van der Waals surface area contributed by atoms with Gasteiger partial charge in [-0.05, 0) is 29.7 Å². The first-order valence-electron chi connectivity index (χ1n) is 9.12. The molecule has 29 heavy (non-hydrogen) atoms. The number of aromatic amines is 1. The third-order valence-electron chi connectivity index (χ3n) is 4.74. The summed E-state index contributed by atoms with van der Waals surface area (Å²) in [5.74, 6) is -2.18. The van der Waals surface area contributed by atoms with Crippen LogP contribution < -0.4 is 10.3 Å². The maximum atomic E-state index is 13.3. The number of halogens is 2. The van der Waals surface area contributed by atoms with Gasteiger partial charge in [0.25, 0.3) is 11.5 Å². The van der Waals surface area contributed by atoms with Crippen LogP contribution in [0.5, 0.6) is 5.75 Å². The second kappa shape index (κ2) is 8.00. The van der Waals surface area contributed by atoms with E-state index in [2.05, 4.69) is 4.98 Å². The van der Waals surface area contributed by atoms with E-state index < -0.39 is 29.2 Å². The molecular weight excluding hydrogens is 382 g/mol. The number of H-pyrrole nitrogens is 1. The Hall–Kier alpha value is -3.26. The van der Waals surface area contributed by atoms with E-state index in [-0.39, 0.29) is 31.1 Å². The molecule has 6 nitrogen and oxygen atoms in total. The van der Waals surface area contributed by atoms with Gasteiger partial charge in [0.15, 0.2) is 11.6 Å². The number of ether oxygens (including phenoxy) is 2. The maximum Gasteiger partial charge on any atom is 0.261 e. The normalized spacial score (nSPS) is 16.8. The number of aromatic nitrogens is 1. The Morgan fingerprint density at radius 1 is 1.17 bits per heavy atom. The molecule has 2 heterocycles. The van der Waals surface area contributed by atoms with Crippen molar-refractivity contribution in [1.82, 2.24) is 9.88 Å². The maximum absolute atomic E-state index is 13.3. The second-order valence-corrected chi connectivity index (χ2v) is 6.73. The highest BCUT2D eigenvalue weighted by atomic mass is 19.2. The van der Waals surface area contributed by atoms with Crippen LogP contribution in [0.3, 0.4) is 0 Å². The molecule has 1 aliphatic rings. The van der Waals surface area contributed by atoms with Crippen LogP contribution >= 0.6 is 0 Å². The van der Waals surface area contributed by atoms with Crippen LogP contribution in [-0.2, 0) is 4.74 Å². The standard InChI is InChI=1S/C21H18F2N2O4/c22-17-6-5-14(10-18(17)23)29-12-15-11-25(7-8-28-15)21(27)16-9-13-3-1-2-4-19(13)24-20(16)26/h1-6,9-10,15H,7-8,11-12H2,(H,24,26).